The molecule has 0 unspecified atom stereocenters. The second-order valence-corrected chi connectivity index (χ2v) is 10.6. The first-order valence-electron chi connectivity index (χ1n) is 11.7. The molecule has 1 aromatic carbocycles. The number of aromatic nitrogens is 2. The van der Waals surface area contributed by atoms with Crippen LogP contribution in [0.2, 0.25) is 0 Å². The summed E-state index contributed by atoms with van der Waals surface area (Å²) in [4.78, 5) is 35.9. The van der Waals surface area contributed by atoms with Crippen LogP contribution in [0.1, 0.15) is 42.4 Å². The molecule has 2 saturated heterocycles. The minimum absolute atomic E-state index is 0.207. The average Bonchev–Trinajstić information content (AvgIpc) is 3.02. The monoisotopic (exact) mass is 508 g/mol. The Morgan fingerprint density at radius 1 is 1.06 bits per heavy atom. The van der Waals surface area contributed by atoms with Crippen LogP contribution in [0.15, 0.2) is 52.3 Å². The molecule has 0 bridgehead atoms. The van der Waals surface area contributed by atoms with Crippen LogP contribution in [0.3, 0.4) is 0 Å². The molecule has 5 rings (SSSR count). The van der Waals surface area contributed by atoms with E-state index < -0.39 is 0 Å². The van der Waals surface area contributed by atoms with Crippen molar-refractivity contribution in [1.29, 1.82) is 0 Å². The molecule has 2 aromatic heterocycles. The van der Waals surface area contributed by atoms with Gasteiger partial charge in [-0.3, -0.25) is 18.9 Å². The maximum absolute atomic E-state index is 13.7. The topological polar surface area (TPSA) is 57.9 Å². The van der Waals surface area contributed by atoms with Crippen LogP contribution >= 0.6 is 24.0 Å². The Balaban J connectivity index is 1.56. The minimum Gasteiger partial charge on any atom is -0.356 e. The number of rotatable bonds is 4. The maximum atomic E-state index is 13.7. The molecule has 1 amide bonds. The largest absolute Gasteiger partial charge is 0.356 e. The number of fused-ring (bicyclic) bond motifs is 1. The first-order chi connectivity index (χ1) is 16.9. The number of nitrogens with zero attached hydrogens (tertiary/aromatic N) is 4. The van der Waals surface area contributed by atoms with Crippen LogP contribution in [0.25, 0.3) is 11.7 Å². The molecule has 0 atom stereocenters. The van der Waals surface area contributed by atoms with Crippen molar-refractivity contribution in [2.45, 2.75) is 39.2 Å². The van der Waals surface area contributed by atoms with E-state index in [-0.39, 0.29) is 23.8 Å². The van der Waals surface area contributed by atoms with Crippen LogP contribution in [-0.4, -0.2) is 37.6 Å². The number of carbonyl (C=O) groups is 1. The molecular formula is C26H25FN4O2S2. The number of thiocarbonyl (C=S) groups is 1. The number of halogens is 1. The second-order valence-electron chi connectivity index (χ2n) is 8.88. The third-order valence-corrected chi connectivity index (χ3v) is 7.67. The molecule has 2 aliphatic heterocycles. The fourth-order valence-electron chi connectivity index (χ4n) is 4.44. The molecule has 35 heavy (non-hydrogen) atoms. The van der Waals surface area contributed by atoms with Gasteiger partial charge in [-0.15, -0.1) is 0 Å². The van der Waals surface area contributed by atoms with Gasteiger partial charge in [-0.2, -0.15) is 0 Å². The van der Waals surface area contributed by atoms with Crippen molar-refractivity contribution in [3.63, 3.8) is 0 Å². The zero-order valence-corrected chi connectivity index (χ0v) is 21.0. The highest BCUT2D eigenvalue weighted by Crippen LogP contribution is 2.34. The van der Waals surface area contributed by atoms with E-state index in [1.165, 1.54) is 28.8 Å². The summed E-state index contributed by atoms with van der Waals surface area (Å²) in [5.74, 6) is 0.0176. The molecule has 4 heterocycles. The Bertz CT molecular complexity index is 1390. The minimum atomic E-state index is -0.334. The molecule has 3 aromatic rings. The highest BCUT2D eigenvalue weighted by Gasteiger charge is 2.33. The molecule has 0 saturated carbocycles. The Morgan fingerprint density at radius 2 is 1.77 bits per heavy atom. The summed E-state index contributed by atoms with van der Waals surface area (Å²) in [6.07, 6.45) is 7.80. The predicted octanol–water partition coefficient (Wildman–Crippen LogP) is 4.92. The highest BCUT2D eigenvalue weighted by molar-refractivity contribution is 8.26. The van der Waals surface area contributed by atoms with Crippen molar-refractivity contribution < 1.29 is 9.18 Å². The van der Waals surface area contributed by atoms with Gasteiger partial charge in [-0.1, -0.05) is 55.0 Å². The summed E-state index contributed by atoms with van der Waals surface area (Å²) in [5, 5.41) is 0. The number of benzene rings is 1. The molecule has 180 valence electrons. The number of hydrogen-bond acceptors (Lipinski definition) is 6. The Kier molecular flexibility index (Phi) is 6.71. The van der Waals surface area contributed by atoms with E-state index in [0.717, 1.165) is 49.9 Å². The van der Waals surface area contributed by atoms with Gasteiger partial charge in [0.1, 0.15) is 21.6 Å². The van der Waals surface area contributed by atoms with E-state index in [2.05, 4.69) is 4.90 Å². The van der Waals surface area contributed by atoms with Crippen LogP contribution in [-0.2, 0) is 11.3 Å². The van der Waals surface area contributed by atoms with Gasteiger partial charge in [0, 0.05) is 19.3 Å². The Hall–Kier alpha value is -3.04. The number of carbonyl (C=O) groups excluding carboxylic acids is 1. The van der Waals surface area contributed by atoms with Crippen molar-refractivity contribution in [3.05, 3.63) is 80.4 Å². The lowest BCUT2D eigenvalue weighted by atomic mass is 10.2. The van der Waals surface area contributed by atoms with Crippen molar-refractivity contribution in [3.8, 4) is 0 Å². The molecule has 0 aliphatic carbocycles. The average molecular weight is 509 g/mol. The molecule has 9 heteroatoms. The van der Waals surface area contributed by atoms with Gasteiger partial charge in [-0.25, -0.2) is 9.37 Å². The number of thioether (sulfide) groups is 1. The summed E-state index contributed by atoms with van der Waals surface area (Å²) in [6.45, 7) is 3.81. The van der Waals surface area contributed by atoms with Crippen molar-refractivity contribution in [2.24, 2.45) is 0 Å². The van der Waals surface area contributed by atoms with Crippen molar-refractivity contribution in [1.82, 2.24) is 14.3 Å². The molecule has 0 radical (unpaired) electrons. The first kappa shape index (κ1) is 23.7. The standard InChI is InChI=1S/C26H25FN4O2S2/c1-17-6-11-22-28-23(29-12-4-2-3-5-13-29)20(24(32)30(22)15-17)14-21-25(33)31(26(34)35-21)16-18-7-9-19(27)10-8-18/h6-11,14-15H,2-5,12-13,16H2,1H3. The van der Waals surface area contributed by atoms with Gasteiger partial charge in [0.25, 0.3) is 11.5 Å². The zero-order chi connectivity index (χ0) is 24.5. The van der Waals surface area contributed by atoms with Crippen LogP contribution in [0.4, 0.5) is 10.2 Å². The Morgan fingerprint density at radius 3 is 2.49 bits per heavy atom. The van der Waals surface area contributed by atoms with E-state index >= 15 is 0 Å². The van der Waals surface area contributed by atoms with E-state index in [4.69, 9.17) is 17.2 Å². The number of pyridine rings is 1. The quantitative estimate of drug-likeness (QED) is 0.368. The van der Waals surface area contributed by atoms with Gasteiger partial charge in [-0.05, 0) is 55.2 Å². The predicted molar refractivity (Wildman–Crippen MR) is 142 cm³/mol. The van der Waals surface area contributed by atoms with E-state index in [0.29, 0.717) is 26.3 Å². The molecule has 0 spiro atoms. The lowest BCUT2D eigenvalue weighted by molar-refractivity contribution is -0.122. The van der Waals surface area contributed by atoms with E-state index in [1.54, 1.807) is 28.8 Å². The van der Waals surface area contributed by atoms with Crippen LogP contribution < -0.4 is 10.5 Å². The summed E-state index contributed by atoms with van der Waals surface area (Å²) >= 11 is 6.66. The van der Waals surface area contributed by atoms with Gasteiger partial charge in [0.15, 0.2) is 0 Å². The maximum Gasteiger partial charge on any atom is 0.267 e. The van der Waals surface area contributed by atoms with Gasteiger partial charge in [0.05, 0.1) is 17.0 Å². The van der Waals surface area contributed by atoms with Crippen molar-refractivity contribution in [2.75, 3.05) is 18.0 Å². The number of hydrogen-bond donors (Lipinski definition) is 0. The SMILES string of the molecule is Cc1ccc2nc(N3CCCCCC3)c(C=C3SC(=S)N(Cc4ccc(F)cc4)C3=O)c(=O)n2c1. The van der Waals surface area contributed by atoms with Gasteiger partial charge in [0.2, 0.25) is 0 Å². The number of anilines is 1. The highest BCUT2D eigenvalue weighted by atomic mass is 32.2. The third-order valence-electron chi connectivity index (χ3n) is 6.29. The first-order valence-corrected chi connectivity index (χ1v) is 12.9. The molecule has 2 aliphatic rings. The molecule has 2 fully saturated rings. The fraction of sp³-hybridized carbons (Fsp3) is 0.308. The lowest BCUT2D eigenvalue weighted by Gasteiger charge is -2.23. The molecule has 6 nitrogen and oxygen atoms in total. The van der Waals surface area contributed by atoms with Crippen molar-refractivity contribution >= 4 is 51.7 Å². The normalized spacial score (nSPS) is 18.1. The van der Waals surface area contributed by atoms with E-state index in [1.807, 2.05) is 19.1 Å². The number of amides is 1. The molecular weight excluding hydrogens is 483 g/mol. The number of aryl methyl sites for hydroxylation is 1. The molecule has 0 N–H and O–H groups in total. The smallest absolute Gasteiger partial charge is 0.267 e. The summed E-state index contributed by atoms with van der Waals surface area (Å²) in [7, 11) is 0. The summed E-state index contributed by atoms with van der Waals surface area (Å²) in [6, 6.07) is 9.78. The van der Waals surface area contributed by atoms with Crippen LogP contribution in [0, 0.1) is 12.7 Å². The lowest BCUT2D eigenvalue weighted by Crippen LogP contribution is -2.30. The summed E-state index contributed by atoms with van der Waals surface area (Å²) < 4.78 is 15.2. The Labute approximate surface area is 212 Å². The zero-order valence-electron chi connectivity index (χ0n) is 19.4. The summed E-state index contributed by atoms with van der Waals surface area (Å²) in [5.41, 5.74) is 2.50. The van der Waals surface area contributed by atoms with Gasteiger partial charge >= 0.3 is 0 Å². The third kappa shape index (κ3) is 4.88. The van der Waals surface area contributed by atoms with Crippen LogP contribution in [0.5, 0.6) is 0 Å². The fourth-order valence-corrected chi connectivity index (χ4v) is 5.67. The van der Waals surface area contributed by atoms with E-state index in [9.17, 15) is 14.0 Å². The van der Waals surface area contributed by atoms with Gasteiger partial charge < -0.3 is 4.90 Å². The second kappa shape index (κ2) is 9.91.